The van der Waals surface area contributed by atoms with E-state index >= 15 is 0 Å². The zero-order valence-corrected chi connectivity index (χ0v) is 14.7. The van der Waals surface area contributed by atoms with Gasteiger partial charge in [-0.25, -0.2) is 0 Å². The summed E-state index contributed by atoms with van der Waals surface area (Å²) in [5.74, 6) is -1.64. The summed E-state index contributed by atoms with van der Waals surface area (Å²) in [5, 5.41) is 3.12. The van der Waals surface area contributed by atoms with Gasteiger partial charge in [0.25, 0.3) is 0 Å². The summed E-state index contributed by atoms with van der Waals surface area (Å²) in [5.41, 5.74) is -0.486. The number of rotatable bonds is 7. The van der Waals surface area contributed by atoms with Crippen LogP contribution in [0.2, 0.25) is 0 Å². The molecule has 136 valence electrons. The Morgan fingerprint density at radius 1 is 1.04 bits per heavy atom. The monoisotopic (exact) mass is 347 g/mol. The Bertz CT molecular complexity index is 606. The lowest BCUT2D eigenvalue weighted by Gasteiger charge is -2.32. The van der Waals surface area contributed by atoms with Gasteiger partial charge in [-0.05, 0) is 31.5 Å². The third kappa shape index (κ3) is 4.89. The predicted molar refractivity (Wildman–Crippen MR) is 91.6 cm³/mol. The van der Waals surface area contributed by atoms with E-state index in [9.17, 15) is 14.4 Å². The van der Waals surface area contributed by atoms with E-state index in [1.165, 1.54) is 0 Å². The molecule has 6 heteroatoms. The molecule has 0 spiro atoms. The van der Waals surface area contributed by atoms with Crippen molar-refractivity contribution in [2.24, 2.45) is 11.3 Å². The molecule has 1 aliphatic heterocycles. The summed E-state index contributed by atoms with van der Waals surface area (Å²) in [4.78, 5) is 37.0. The van der Waals surface area contributed by atoms with E-state index in [0.29, 0.717) is 25.9 Å². The molecule has 0 atom stereocenters. The Morgan fingerprint density at radius 2 is 1.64 bits per heavy atom. The number of carbonyl (C=O) groups excluding carboxylic acids is 3. The third-order valence-corrected chi connectivity index (χ3v) is 4.44. The lowest BCUT2D eigenvalue weighted by atomic mass is 9.79. The molecule has 0 unspecified atom stereocenters. The number of piperidine rings is 1. The molecule has 1 N–H and O–H groups in total. The van der Waals surface area contributed by atoms with E-state index in [0.717, 1.165) is 5.56 Å². The van der Waals surface area contributed by atoms with E-state index in [2.05, 4.69) is 5.32 Å². The summed E-state index contributed by atoms with van der Waals surface area (Å²) in [7, 11) is 0. The number of carbonyl (C=O) groups is 3. The minimum atomic E-state index is -1.34. The molecule has 0 amide bonds. The number of hydrogen-bond acceptors (Lipinski definition) is 6. The molecule has 0 saturated carbocycles. The highest BCUT2D eigenvalue weighted by Gasteiger charge is 2.49. The second-order valence-electron chi connectivity index (χ2n) is 6.59. The number of benzene rings is 1. The maximum Gasteiger partial charge on any atom is 0.324 e. The molecule has 1 heterocycles. The minimum absolute atomic E-state index is 0.104. The largest absolute Gasteiger partial charge is 0.460 e. The van der Waals surface area contributed by atoms with Crippen LogP contribution in [0.1, 0.15) is 32.3 Å². The molecule has 0 aromatic heterocycles. The summed E-state index contributed by atoms with van der Waals surface area (Å²) in [6.45, 7) is 4.32. The molecule has 1 aromatic rings. The van der Waals surface area contributed by atoms with Gasteiger partial charge >= 0.3 is 11.9 Å². The minimum Gasteiger partial charge on any atom is -0.460 e. The van der Waals surface area contributed by atoms with E-state index in [4.69, 9.17) is 9.47 Å². The van der Waals surface area contributed by atoms with Crippen molar-refractivity contribution in [3.63, 3.8) is 0 Å². The Morgan fingerprint density at radius 3 is 2.24 bits per heavy atom. The molecular weight excluding hydrogens is 322 g/mol. The fraction of sp³-hybridized carbons (Fsp3) is 0.526. The molecule has 1 aliphatic rings. The molecule has 0 aliphatic carbocycles. The Balaban J connectivity index is 2.03. The van der Waals surface area contributed by atoms with Crippen LogP contribution in [0.5, 0.6) is 0 Å². The smallest absolute Gasteiger partial charge is 0.324 e. The van der Waals surface area contributed by atoms with Crippen molar-refractivity contribution in [2.75, 3.05) is 19.7 Å². The van der Waals surface area contributed by atoms with Crippen LogP contribution < -0.4 is 5.32 Å². The van der Waals surface area contributed by atoms with Crippen LogP contribution in [-0.4, -0.2) is 37.4 Å². The van der Waals surface area contributed by atoms with Crippen LogP contribution in [0.15, 0.2) is 30.3 Å². The number of nitrogens with one attached hydrogen (secondary N) is 1. The molecule has 6 nitrogen and oxygen atoms in total. The number of ketones is 1. The first-order valence-electron chi connectivity index (χ1n) is 8.57. The highest BCUT2D eigenvalue weighted by atomic mass is 16.6. The van der Waals surface area contributed by atoms with Crippen LogP contribution in [0.3, 0.4) is 0 Å². The Labute approximate surface area is 147 Å². The molecular formula is C19H25NO5. The van der Waals surface area contributed by atoms with Gasteiger partial charge in [0.05, 0.1) is 0 Å². The zero-order chi connectivity index (χ0) is 18.3. The maximum atomic E-state index is 12.7. The van der Waals surface area contributed by atoms with Crippen LogP contribution in [0.4, 0.5) is 0 Å². The first-order valence-corrected chi connectivity index (χ1v) is 8.57. The van der Waals surface area contributed by atoms with Gasteiger partial charge in [-0.3, -0.25) is 14.4 Å². The third-order valence-electron chi connectivity index (χ3n) is 4.44. The number of ether oxygens (including phenoxy) is 2. The molecule has 1 saturated heterocycles. The maximum absolute atomic E-state index is 12.7. The fourth-order valence-corrected chi connectivity index (χ4v) is 2.65. The topological polar surface area (TPSA) is 81.7 Å². The molecule has 25 heavy (non-hydrogen) atoms. The van der Waals surface area contributed by atoms with Gasteiger partial charge in [-0.1, -0.05) is 44.2 Å². The van der Waals surface area contributed by atoms with Gasteiger partial charge in [-0.15, -0.1) is 0 Å². The number of Topliss-reactive ketones (excluding diaryl/α,β-unsaturated/α-hetero) is 1. The van der Waals surface area contributed by atoms with Gasteiger partial charge in [0.15, 0.2) is 11.2 Å². The van der Waals surface area contributed by atoms with Crippen molar-refractivity contribution in [1.82, 2.24) is 5.32 Å². The highest BCUT2D eigenvalue weighted by Crippen LogP contribution is 2.32. The summed E-state index contributed by atoms with van der Waals surface area (Å²) < 4.78 is 10.6. The number of hydrogen-bond donors (Lipinski definition) is 1. The quantitative estimate of drug-likeness (QED) is 0.599. The van der Waals surface area contributed by atoms with Gasteiger partial charge in [0.1, 0.15) is 13.2 Å². The van der Waals surface area contributed by atoms with Crippen molar-refractivity contribution in [3.05, 3.63) is 35.9 Å². The van der Waals surface area contributed by atoms with E-state index in [1.54, 1.807) is 13.8 Å². The van der Waals surface area contributed by atoms with Crippen LogP contribution >= 0.6 is 0 Å². The lowest BCUT2D eigenvalue weighted by molar-refractivity contribution is -0.176. The van der Waals surface area contributed by atoms with Crippen molar-refractivity contribution in [3.8, 4) is 0 Å². The first-order chi connectivity index (χ1) is 12.0. The highest BCUT2D eigenvalue weighted by molar-refractivity contribution is 6.01. The summed E-state index contributed by atoms with van der Waals surface area (Å²) in [6.07, 6.45) is 0.602. The molecule has 0 radical (unpaired) electrons. The fourth-order valence-electron chi connectivity index (χ4n) is 2.65. The van der Waals surface area contributed by atoms with Gasteiger partial charge in [-0.2, -0.15) is 0 Å². The van der Waals surface area contributed by atoms with Crippen molar-refractivity contribution < 1.29 is 23.9 Å². The summed E-state index contributed by atoms with van der Waals surface area (Å²) >= 11 is 0. The summed E-state index contributed by atoms with van der Waals surface area (Å²) in [6, 6.07) is 9.29. The lowest BCUT2D eigenvalue weighted by Crippen LogP contribution is -2.49. The molecule has 2 rings (SSSR count). The van der Waals surface area contributed by atoms with E-state index < -0.39 is 17.4 Å². The second-order valence-corrected chi connectivity index (χ2v) is 6.59. The van der Waals surface area contributed by atoms with Crippen molar-refractivity contribution in [2.45, 2.75) is 33.3 Å². The molecule has 0 bridgehead atoms. The van der Waals surface area contributed by atoms with Crippen molar-refractivity contribution in [1.29, 1.82) is 0 Å². The molecule has 1 fully saturated rings. The average molecular weight is 347 g/mol. The number of esters is 2. The van der Waals surface area contributed by atoms with Gasteiger partial charge in [0, 0.05) is 5.92 Å². The SMILES string of the molecule is CC(C)C(=O)COC(=O)C1(C(=O)OCc2ccccc2)CCNCC1. The standard InChI is InChI=1S/C19H25NO5/c1-14(2)16(21)13-25-18(23)19(8-10-20-11-9-19)17(22)24-12-15-6-4-3-5-7-15/h3-7,14,20H,8-13H2,1-2H3. The average Bonchev–Trinajstić information content (AvgIpc) is 2.65. The second kappa shape index (κ2) is 8.76. The van der Waals surface area contributed by atoms with E-state index in [1.807, 2.05) is 30.3 Å². The first kappa shape index (κ1) is 19.1. The molecule has 1 aromatic carbocycles. The normalized spacial score (nSPS) is 16.3. The predicted octanol–water partition coefficient (Wildman–Crippen LogP) is 1.87. The van der Waals surface area contributed by atoms with Crippen LogP contribution in [-0.2, 0) is 30.5 Å². The van der Waals surface area contributed by atoms with Crippen LogP contribution in [0.25, 0.3) is 0 Å². The van der Waals surface area contributed by atoms with Gasteiger partial charge < -0.3 is 14.8 Å². The van der Waals surface area contributed by atoms with E-state index in [-0.39, 0.29) is 24.9 Å². The Hall–Kier alpha value is -2.21. The van der Waals surface area contributed by atoms with Crippen LogP contribution in [0, 0.1) is 11.3 Å². The Kier molecular flexibility index (Phi) is 6.70. The zero-order valence-electron chi connectivity index (χ0n) is 14.7. The van der Waals surface area contributed by atoms with Gasteiger partial charge in [0.2, 0.25) is 0 Å². The van der Waals surface area contributed by atoms with Crippen molar-refractivity contribution >= 4 is 17.7 Å².